The Kier molecular flexibility index (Phi) is 3.77. The summed E-state index contributed by atoms with van der Waals surface area (Å²) in [4.78, 5) is 18.6. The van der Waals surface area contributed by atoms with Crippen LogP contribution in [0.2, 0.25) is 0 Å². The lowest BCUT2D eigenvalue weighted by Crippen LogP contribution is -2.30. The molecule has 0 saturated carbocycles. The average molecular weight is 313 g/mol. The summed E-state index contributed by atoms with van der Waals surface area (Å²) >= 11 is 0. The van der Waals surface area contributed by atoms with E-state index in [1.807, 2.05) is 32.9 Å². The predicted octanol–water partition coefficient (Wildman–Crippen LogP) is 2.36. The SMILES string of the molecule is CCN(CC)C(=O)c1cc(N)c2nc(-c3ccc(C)o3)nn2c1. The van der Waals surface area contributed by atoms with Gasteiger partial charge in [-0.1, -0.05) is 0 Å². The molecule has 3 aromatic heterocycles. The van der Waals surface area contributed by atoms with E-state index in [1.165, 1.54) is 4.52 Å². The van der Waals surface area contributed by atoms with Gasteiger partial charge >= 0.3 is 0 Å². The first kappa shape index (κ1) is 15.1. The third kappa shape index (κ3) is 2.65. The van der Waals surface area contributed by atoms with Crippen LogP contribution in [0, 0.1) is 6.92 Å². The van der Waals surface area contributed by atoms with Crippen LogP contribution in [0.15, 0.2) is 28.8 Å². The van der Waals surface area contributed by atoms with Crippen molar-refractivity contribution in [2.24, 2.45) is 0 Å². The first-order chi connectivity index (χ1) is 11.0. The monoisotopic (exact) mass is 313 g/mol. The lowest BCUT2D eigenvalue weighted by atomic mass is 10.2. The second-order valence-corrected chi connectivity index (χ2v) is 5.28. The molecule has 0 aromatic carbocycles. The minimum atomic E-state index is -0.0745. The second-order valence-electron chi connectivity index (χ2n) is 5.28. The van der Waals surface area contributed by atoms with Crippen molar-refractivity contribution < 1.29 is 9.21 Å². The third-order valence-corrected chi connectivity index (χ3v) is 3.72. The quantitative estimate of drug-likeness (QED) is 0.798. The summed E-state index contributed by atoms with van der Waals surface area (Å²) in [6.07, 6.45) is 1.65. The van der Waals surface area contributed by atoms with Gasteiger partial charge in [0.1, 0.15) is 5.76 Å². The van der Waals surface area contributed by atoms with E-state index in [2.05, 4.69) is 10.1 Å². The highest BCUT2D eigenvalue weighted by atomic mass is 16.3. The van der Waals surface area contributed by atoms with E-state index in [0.29, 0.717) is 41.6 Å². The van der Waals surface area contributed by atoms with Crippen LogP contribution in [0.1, 0.15) is 30.0 Å². The maximum absolute atomic E-state index is 12.5. The molecule has 7 heteroatoms. The number of hydrogen-bond acceptors (Lipinski definition) is 5. The fourth-order valence-corrected chi connectivity index (χ4v) is 2.48. The largest absolute Gasteiger partial charge is 0.458 e. The molecule has 0 saturated heterocycles. The number of fused-ring (bicyclic) bond motifs is 1. The minimum absolute atomic E-state index is 0.0745. The second kappa shape index (κ2) is 5.75. The van der Waals surface area contributed by atoms with Crippen molar-refractivity contribution in [2.75, 3.05) is 18.8 Å². The number of aromatic nitrogens is 3. The van der Waals surface area contributed by atoms with E-state index in [1.54, 1.807) is 17.2 Å². The summed E-state index contributed by atoms with van der Waals surface area (Å²) in [5, 5.41) is 4.37. The molecule has 7 nitrogen and oxygen atoms in total. The van der Waals surface area contributed by atoms with Crippen LogP contribution in [-0.2, 0) is 0 Å². The lowest BCUT2D eigenvalue weighted by Gasteiger charge is -2.18. The summed E-state index contributed by atoms with van der Waals surface area (Å²) in [6.45, 7) is 7.02. The molecule has 3 aromatic rings. The van der Waals surface area contributed by atoms with Gasteiger partial charge in [-0.25, -0.2) is 9.50 Å². The van der Waals surface area contributed by atoms with Gasteiger partial charge in [0.2, 0.25) is 5.82 Å². The van der Waals surface area contributed by atoms with E-state index in [4.69, 9.17) is 10.2 Å². The molecule has 0 spiro atoms. The van der Waals surface area contributed by atoms with Crippen molar-refractivity contribution >= 4 is 17.2 Å². The van der Waals surface area contributed by atoms with Gasteiger partial charge in [0.15, 0.2) is 11.4 Å². The molecule has 0 unspecified atom stereocenters. The van der Waals surface area contributed by atoms with Gasteiger partial charge in [-0.2, -0.15) is 0 Å². The van der Waals surface area contributed by atoms with Gasteiger partial charge in [0, 0.05) is 19.3 Å². The van der Waals surface area contributed by atoms with Crippen LogP contribution in [0.25, 0.3) is 17.2 Å². The van der Waals surface area contributed by atoms with Gasteiger partial charge in [-0.15, -0.1) is 5.10 Å². The molecule has 0 aliphatic rings. The Morgan fingerprint density at radius 2 is 2.09 bits per heavy atom. The predicted molar refractivity (Wildman–Crippen MR) is 87.1 cm³/mol. The number of nitrogens with zero attached hydrogens (tertiary/aromatic N) is 4. The number of carbonyl (C=O) groups excluding carboxylic acids is 1. The first-order valence-electron chi connectivity index (χ1n) is 7.55. The van der Waals surface area contributed by atoms with E-state index < -0.39 is 0 Å². The number of amides is 1. The first-order valence-corrected chi connectivity index (χ1v) is 7.55. The van der Waals surface area contributed by atoms with E-state index in [9.17, 15) is 4.79 Å². The van der Waals surface area contributed by atoms with Gasteiger partial charge in [0.05, 0.1) is 11.3 Å². The van der Waals surface area contributed by atoms with Crippen molar-refractivity contribution in [3.63, 3.8) is 0 Å². The number of pyridine rings is 1. The molecule has 0 fully saturated rings. The van der Waals surface area contributed by atoms with Gasteiger partial charge < -0.3 is 15.1 Å². The number of nitrogens with two attached hydrogens (primary N) is 1. The normalized spacial score (nSPS) is 11.1. The van der Waals surface area contributed by atoms with Crippen LogP contribution in [0.3, 0.4) is 0 Å². The molecule has 23 heavy (non-hydrogen) atoms. The standard InChI is InChI=1S/C16H19N5O2/c1-4-20(5-2)16(22)11-8-12(17)15-18-14(19-21(15)9-11)13-7-6-10(3)23-13/h6-9H,4-5,17H2,1-3H3. The number of furan rings is 1. The molecular formula is C16H19N5O2. The number of rotatable bonds is 4. The van der Waals surface area contributed by atoms with Crippen LogP contribution in [-0.4, -0.2) is 38.5 Å². The van der Waals surface area contributed by atoms with Crippen LogP contribution < -0.4 is 5.73 Å². The molecule has 0 bridgehead atoms. The molecular weight excluding hydrogens is 294 g/mol. The van der Waals surface area contributed by atoms with Crippen LogP contribution >= 0.6 is 0 Å². The zero-order chi connectivity index (χ0) is 16.6. The number of nitrogen functional groups attached to an aromatic ring is 1. The van der Waals surface area contributed by atoms with Crippen molar-refractivity contribution in [2.45, 2.75) is 20.8 Å². The van der Waals surface area contributed by atoms with Crippen molar-refractivity contribution in [1.29, 1.82) is 0 Å². The highest BCUT2D eigenvalue weighted by Gasteiger charge is 2.17. The highest BCUT2D eigenvalue weighted by molar-refractivity contribution is 5.95. The van der Waals surface area contributed by atoms with Crippen molar-refractivity contribution in [3.05, 3.63) is 35.7 Å². The van der Waals surface area contributed by atoms with E-state index in [-0.39, 0.29) is 5.91 Å². The maximum Gasteiger partial charge on any atom is 0.255 e. The number of aryl methyl sites for hydroxylation is 1. The summed E-state index contributed by atoms with van der Waals surface area (Å²) in [6, 6.07) is 5.30. The van der Waals surface area contributed by atoms with Crippen LogP contribution in [0.4, 0.5) is 5.69 Å². The molecule has 0 aliphatic heterocycles. The number of carbonyl (C=O) groups is 1. The summed E-state index contributed by atoms with van der Waals surface area (Å²) in [5.74, 6) is 1.72. The topological polar surface area (TPSA) is 89.7 Å². The Bertz CT molecular complexity index is 861. The lowest BCUT2D eigenvalue weighted by molar-refractivity contribution is 0.0772. The maximum atomic E-state index is 12.5. The average Bonchev–Trinajstić information content (AvgIpc) is 3.14. The summed E-state index contributed by atoms with van der Waals surface area (Å²) in [7, 11) is 0. The van der Waals surface area contributed by atoms with E-state index in [0.717, 1.165) is 5.76 Å². The van der Waals surface area contributed by atoms with Crippen molar-refractivity contribution in [1.82, 2.24) is 19.5 Å². The Balaban J connectivity index is 2.06. The van der Waals surface area contributed by atoms with Gasteiger partial charge in [-0.05, 0) is 39.0 Å². The Hall–Kier alpha value is -2.83. The number of hydrogen-bond donors (Lipinski definition) is 1. The summed E-state index contributed by atoms with van der Waals surface area (Å²) < 4.78 is 7.06. The highest BCUT2D eigenvalue weighted by Crippen LogP contribution is 2.22. The molecule has 1 amide bonds. The molecule has 3 heterocycles. The minimum Gasteiger partial charge on any atom is -0.458 e. The Morgan fingerprint density at radius 1 is 1.35 bits per heavy atom. The summed E-state index contributed by atoms with van der Waals surface area (Å²) in [5.41, 5.74) is 7.45. The van der Waals surface area contributed by atoms with Gasteiger partial charge in [0.25, 0.3) is 5.91 Å². The Morgan fingerprint density at radius 3 is 2.70 bits per heavy atom. The Labute approximate surface area is 133 Å². The van der Waals surface area contributed by atoms with E-state index >= 15 is 0 Å². The molecule has 3 rings (SSSR count). The van der Waals surface area contributed by atoms with Crippen LogP contribution in [0.5, 0.6) is 0 Å². The molecule has 2 N–H and O–H groups in total. The third-order valence-electron chi connectivity index (χ3n) is 3.72. The zero-order valence-corrected chi connectivity index (χ0v) is 13.4. The molecule has 0 aliphatic carbocycles. The smallest absolute Gasteiger partial charge is 0.255 e. The van der Waals surface area contributed by atoms with Gasteiger partial charge in [-0.3, -0.25) is 4.79 Å². The van der Waals surface area contributed by atoms with Crippen molar-refractivity contribution in [3.8, 4) is 11.6 Å². The molecule has 120 valence electrons. The fourth-order valence-electron chi connectivity index (χ4n) is 2.48. The zero-order valence-electron chi connectivity index (χ0n) is 13.4. The molecule has 0 atom stereocenters. The molecule has 0 radical (unpaired) electrons. The fraction of sp³-hybridized carbons (Fsp3) is 0.312. The number of anilines is 1.